The average molecular weight is 1000 g/mol. The number of alkyl halides is 1. The highest BCUT2D eigenvalue weighted by molar-refractivity contribution is 6.18. The van der Waals surface area contributed by atoms with Gasteiger partial charge in [-0.2, -0.15) is 5.06 Å². The second-order valence-electron chi connectivity index (χ2n) is 20.5. The number of nitrogens with zero attached hydrogens (tertiary/aromatic N) is 2. The van der Waals surface area contributed by atoms with E-state index >= 15 is 0 Å². The Morgan fingerprint density at radius 1 is 0.718 bits per heavy atom. The smallest absolute Gasteiger partial charge is 0.234 e. The maximum absolute atomic E-state index is 12.0. The number of benzene rings is 4. The standard InChI is InChI=1S/C42H60N2O6.C17H27ClO2.CH4/c1-29(2)35(24-33-20-21-38(47-8)40(25-33)48-23-15-22-46-7)26-37(44(45)28-32-16-11-9-12-17-32)39-27-36(30(3)4)42(49-39)43(6)31(5)41(50-42)34-18-13-10-14-19-34;1-5-6-9-20-17-11-14(7-8-16(17)19-4)10-15(12-18)13(2)3;/h9-14,16-21,25,29-31,35-37,39,41,45H,15,22-24,26-28H2,1-8H3;7-8,11,13,15H,5-6,9-10,12H2,1-4H3;1H4/t31-,35-,36-,37?,39-,41+,42-;15-;/m00./s1. The summed E-state index contributed by atoms with van der Waals surface area (Å²) in [5, 5.41) is 13.6. The number of hydroxylamine groups is 2. The molecule has 10 nitrogen and oxygen atoms in total. The maximum atomic E-state index is 12.0. The number of ether oxygens (including phenoxy) is 7. The summed E-state index contributed by atoms with van der Waals surface area (Å²) in [4.78, 5) is 2.30. The minimum Gasteiger partial charge on any atom is -0.493 e. The zero-order chi connectivity index (χ0) is 50.8. The van der Waals surface area contributed by atoms with Crippen LogP contribution in [0.1, 0.15) is 123 Å². The summed E-state index contributed by atoms with van der Waals surface area (Å²) >= 11 is 6.06. The van der Waals surface area contributed by atoms with Crippen molar-refractivity contribution in [2.45, 2.75) is 145 Å². The molecule has 396 valence electrons. The van der Waals surface area contributed by atoms with Gasteiger partial charge in [-0.25, -0.2) is 4.90 Å². The summed E-state index contributed by atoms with van der Waals surface area (Å²) in [6.07, 6.45) is 6.00. The van der Waals surface area contributed by atoms with Crippen molar-refractivity contribution in [3.8, 4) is 23.0 Å². The SMILES string of the molecule is C.CCCCOc1cc(C[C@@H](CCl)C(C)C)ccc1OC.COCCCOc1cc(C[C@@H](CC([C@@H]2C[C@@H](C(C)C)[C@]3(O2)O[C@@H](c2ccccc2)[C@H](C)N3C)N(O)Cc2ccccc2)C(C)C)ccc1OC. The third-order valence-electron chi connectivity index (χ3n) is 14.6. The molecule has 1 spiro atoms. The van der Waals surface area contributed by atoms with Crippen LogP contribution in [0.4, 0.5) is 0 Å². The molecule has 2 aliphatic heterocycles. The number of hydrogen-bond donors (Lipinski definition) is 1. The van der Waals surface area contributed by atoms with E-state index in [0.717, 1.165) is 85.7 Å². The van der Waals surface area contributed by atoms with Crippen LogP contribution in [0, 0.1) is 35.5 Å². The topological polar surface area (TPSA) is 91.3 Å². The number of rotatable bonds is 26. The van der Waals surface area contributed by atoms with Crippen molar-refractivity contribution in [3.63, 3.8) is 0 Å². The Bertz CT molecular complexity index is 2090. The van der Waals surface area contributed by atoms with E-state index in [4.69, 9.17) is 44.8 Å². The van der Waals surface area contributed by atoms with E-state index in [1.807, 2.05) is 36.4 Å². The van der Waals surface area contributed by atoms with Crippen molar-refractivity contribution in [1.82, 2.24) is 9.96 Å². The predicted molar refractivity (Wildman–Crippen MR) is 290 cm³/mol. The van der Waals surface area contributed by atoms with Crippen LogP contribution in [0.2, 0.25) is 0 Å². The van der Waals surface area contributed by atoms with Crippen LogP contribution in [0.15, 0.2) is 97.1 Å². The molecule has 4 aromatic rings. The second kappa shape index (κ2) is 29.7. The van der Waals surface area contributed by atoms with Crippen LogP contribution in [-0.2, 0) is 33.6 Å². The number of unbranched alkanes of at least 4 members (excludes halogenated alkanes) is 1. The molecule has 1 unspecified atom stereocenters. The summed E-state index contributed by atoms with van der Waals surface area (Å²) < 4.78 is 42.5. The molecule has 0 aromatic heterocycles. The van der Waals surface area contributed by atoms with E-state index < -0.39 is 5.91 Å². The first-order valence-electron chi connectivity index (χ1n) is 26.0. The quantitative estimate of drug-likeness (QED) is 0.0372. The molecule has 2 aliphatic rings. The van der Waals surface area contributed by atoms with Crippen molar-refractivity contribution in [1.29, 1.82) is 0 Å². The Balaban J connectivity index is 0.000000439. The van der Waals surface area contributed by atoms with Crippen molar-refractivity contribution >= 4 is 11.6 Å². The molecule has 8 atom stereocenters. The van der Waals surface area contributed by atoms with Gasteiger partial charge in [0.1, 0.15) is 6.10 Å². The van der Waals surface area contributed by atoms with Crippen LogP contribution in [-0.4, -0.2) is 93.3 Å². The van der Waals surface area contributed by atoms with E-state index in [9.17, 15) is 5.21 Å². The van der Waals surface area contributed by atoms with Crippen LogP contribution >= 0.6 is 11.6 Å². The highest BCUT2D eigenvalue weighted by atomic mass is 35.5. The second-order valence-corrected chi connectivity index (χ2v) is 20.8. The molecule has 6 rings (SSSR count). The Morgan fingerprint density at radius 3 is 1.77 bits per heavy atom. The molecule has 2 heterocycles. The van der Waals surface area contributed by atoms with Crippen LogP contribution in [0.3, 0.4) is 0 Å². The van der Waals surface area contributed by atoms with E-state index in [-0.39, 0.29) is 43.6 Å². The number of halogens is 1. The number of methoxy groups -OCH3 is 3. The Hall–Kier alpha value is -3.87. The molecule has 0 amide bonds. The molecule has 2 saturated heterocycles. The highest BCUT2D eigenvalue weighted by Gasteiger charge is 2.62. The van der Waals surface area contributed by atoms with Gasteiger partial charge in [0.15, 0.2) is 23.0 Å². The van der Waals surface area contributed by atoms with Crippen molar-refractivity contribution < 1.29 is 38.4 Å². The van der Waals surface area contributed by atoms with Gasteiger partial charge in [-0.3, -0.25) is 0 Å². The first-order chi connectivity index (χ1) is 33.7. The molecule has 0 saturated carbocycles. The molecule has 0 radical (unpaired) electrons. The fourth-order valence-corrected chi connectivity index (χ4v) is 10.4. The summed E-state index contributed by atoms with van der Waals surface area (Å²) in [6.45, 7) is 20.3. The lowest BCUT2D eigenvalue weighted by Crippen LogP contribution is -2.52. The maximum Gasteiger partial charge on any atom is 0.234 e. The van der Waals surface area contributed by atoms with E-state index in [0.29, 0.717) is 49.3 Å². The normalized spacial score (nSPS) is 21.3. The first kappa shape index (κ1) is 59.7. The fraction of sp³-hybridized carbons (Fsp3) is 0.600. The monoisotopic (exact) mass is 1000 g/mol. The summed E-state index contributed by atoms with van der Waals surface area (Å²) in [7, 11) is 7.19. The highest BCUT2D eigenvalue weighted by Crippen LogP contribution is 2.53. The predicted octanol–water partition coefficient (Wildman–Crippen LogP) is 13.9. The lowest BCUT2D eigenvalue weighted by molar-refractivity contribution is -0.306. The van der Waals surface area contributed by atoms with Gasteiger partial charge in [0.2, 0.25) is 5.91 Å². The van der Waals surface area contributed by atoms with Gasteiger partial charge in [0, 0.05) is 44.5 Å². The van der Waals surface area contributed by atoms with E-state index in [1.165, 1.54) is 16.2 Å². The molecule has 1 N–H and O–H groups in total. The zero-order valence-corrected chi connectivity index (χ0v) is 45.3. The summed E-state index contributed by atoms with van der Waals surface area (Å²) in [5.41, 5.74) is 4.66. The van der Waals surface area contributed by atoms with E-state index in [2.05, 4.69) is 128 Å². The third-order valence-corrected chi connectivity index (χ3v) is 15.0. The molecular weight excluding hydrogens is 912 g/mol. The lowest BCUT2D eigenvalue weighted by Gasteiger charge is -2.39. The van der Waals surface area contributed by atoms with E-state index in [1.54, 1.807) is 21.3 Å². The number of likely N-dealkylation sites (N-methyl/N-ethyl adjacent to an activating group) is 1. The summed E-state index contributed by atoms with van der Waals surface area (Å²) in [6, 6.07) is 33.0. The van der Waals surface area contributed by atoms with Crippen molar-refractivity contribution in [3.05, 3.63) is 119 Å². The molecule has 0 aliphatic carbocycles. The Kier molecular flexibility index (Phi) is 25.0. The minimum atomic E-state index is -0.886. The van der Waals surface area contributed by atoms with Crippen LogP contribution in [0.5, 0.6) is 23.0 Å². The first-order valence-corrected chi connectivity index (χ1v) is 26.5. The van der Waals surface area contributed by atoms with Gasteiger partial charge in [0.05, 0.1) is 39.6 Å². The lowest BCUT2D eigenvalue weighted by atomic mass is 9.81. The molecule has 0 bridgehead atoms. The van der Waals surface area contributed by atoms with Gasteiger partial charge in [0.25, 0.3) is 0 Å². The zero-order valence-electron chi connectivity index (χ0n) is 44.6. The Labute approximate surface area is 434 Å². The molecule has 11 heteroatoms. The third kappa shape index (κ3) is 16.3. The largest absolute Gasteiger partial charge is 0.493 e. The van der Waals surface area contributed by atoms with Gasteiger partial charge in [-0.15, -0.1) is 11.6 Å². The van der Waals surface area contributed by atoms with Crippen molar-refractivity contribution in [2.75, 3.05) is 54.1 Å². The molecule has 71 heavy (non-hydrogen) atoms. The van der Waals surface area contributed by atoms with Crippen molar-refractivity contribution in [2.24, 2.45) is 35.5 Å². The van der Waals surface area contributed by atoms with Crippen LogP contribution in [0.25, 0.3) is 0 Å². The number of hydrogen-bond acceptors (Lipinski definition) is 10. The van der Waals surface area contributed by atoms with Gasteiger partial charge >= 0.3 is 0 Å². The average Bonchev–Trinajstić information content (AvgIpc) is 3.87. The van der Waals surface area contributed by atoms with Gasteiger partial charge < -0.3 is 38.4 Å². The minimum absolute atomic E-state index is 0. The van der Waals surface area contributed by atoms with Gasteiger partial charge in [-0.05, 0) is 122 Å². The summed E-state index contributed by atoms with van der Waals surface area (Å²) in [5.74, 6) is 5.06. The van der Waals surface area contributed by atoms with Crippen LogP contribution < -0.4 is 18.9 Å². The molecular formula is C60H91ClN2O8. The Morgan fingerprint density at radius 2 is 1.27 bits per heavy atom. The molecule has 4 aromatic carbocycles. The van der Waals surface area contributed by atoms with Gasteiger partial charge in [-0.1, -0.05) is 135 Å². The molecule has 2 fully saturated rings. The fourth-order valence-electron chi connectivity index (χ4n) is 9.94.